The Morgan fingerprint density at radius 3 is 2.92 bits per heavy atom. The van der Waals surface area contributed by atoms with E-state index >= 15 is 0 Å². The van der Waals surface area contributed by atoms with Crippen molar-refractivity contribution in [1.82, 2.24) is 25.5 Å². The summed E-state index contributed by atoms with van der Waals surface area (Å²) in [5.41, 5.74) is 0.977. The molecule has 2 unspecified atom stereocenters. The fourth-order valence-corrected chi connectivity index (χ4v) is 2.45. The molecule has 3 heterocycles. The minimum absolute atomic E-state index is 0.000449. The van der Waals surface area contributed by atoms with Gasteiger partial charge in [0.2, 0.25) is 0 Å². The Hall–Kier alpha value is -2.90. The van der Waals surface area contributed by atoms with E-state index in [4.69, 9.17) is 10.00 Å². The summed E-state index contributed by atoms with van der Waals surface area (Å²) in [5.74, 6) is 0.795. The summed E-state index contributed by atoms with van der Waals surface area (Å²) in [4.78, 5) is 7.99. The molecule has 0 radical (unpaired) electrons. The fourth-order valence-electron chi connectivity index (χ4n) is 2.45. The average Bonchev–Trinajstić information content (AvgIpc) is 2.68. The monoisotopic (exact) mass is 358 g/mol. The molecule has 0 saturated carbocycles. The van der Waals surface area contributed by atoms with Gasteiger partial charge in [0, 0.05) is 25.7 Å². The van der Waals surface area contributed by atoms with Gasteiger partial charge in [0.15, 0.2) is 11.5 Å². The molecule has 3 N–H and O–H groups in total. The van der Waals surface area contributed by atoms with Crippen LogP contribution in [0.1, 0.15) is 24.5 Å². The van der Waals surface area contributed by atoms with Crippen molar-refractivity contribution in [1.29, 1.82) is 5.26 Å². The van der Waals surface area contributed by atoms with Crippen molar-refractivity contribution in [2.45, 2.75) is 19.2 Å². The van der Waals surface area contributed by atoms with Gasteiger partial charge in [0.25, 0.3) is 0 Å². The lowest BCUT2D eigenvalue weighted by Crippen LogP contribution is -2.42. The SMILES string of the molecule is CC(F)c1nnc(Nc2cnc(C#N)cn2)cc1NCC1CNCCO1. The molecule has 1 aliphatic rings. The first-order valence-corrected chi connectivity index (χ1v) is 8.22. The minimum atomic E-state index is -1.26. The summed E-state index contributed by atoms with van der Waals surface area (Å²) in [6.45, 7) is 4.15. The van der Waals surface area contributed by atoms with E-state index in [-0.39, 0.29) is 17.5 Å². The number of aromatic nitrogens is 4. The summed E-state index contributed by atoms with van der Waals surface area (Å²) in [6, 6.07) is 3.56. The van der Waals surface area contributed by atoms with Crippen LogP contribution in [0.2, 0.25) is 0 Å². The number of halogens is 1. The van der Waals surface area contributed by atoms with E-state index in [9.17, 15) is 4.39 Å². The summed E-state index contributed by atoms with van der Waals surface area (Å²) in [5, 5.41) is 26.1. The van der Waals surface area contributed by atoms with Crippen molar-refractivity contribution in [2.75, 3.05) is 36.9 Å². The Balaban J connectivity index is 1.73. The second-order valence-corrected chi connectivity index (χ2v) is 5.75. The molecule has 9 nitrogen and oxygen atoms in total. The minimum Gasteiger partial charge on any atom is -0.381 e. The molecule has 2 aromatic rings. The Bertz CT molecular complexity index is 771. The van der Waals surface area contributed by atoms with E-state index in [1.807, 2.05) is 6.07 Å². The number of hydrogen-bond acceptors (Lipinski definition) is 9. The highest BCUT2D eigenvalue weighted by molar-refractivity contribution is 5.59. The maximum absolute atomic E-state index is 13.8. The van der Waals surface area contributed by atoms with Crippen LogP contribution in [0.25, 0.3) is 0 Å². The second kappa shape index (κ2) is 8.46. The zero-order chi connectivity index (χ0) is 18.4. The van der Waals surface area contributed by atoms with Gasteiger partial charge in [-0.2, -0.15) is 5.26 Å². The zero-order valence-corrected chi connectivity index (χ0v) is 14.2. The topological polar surface area (TPSA) is 121 Å². The van der Waals surface area contributed by atoms with Crippen molar-refractivity contribution in [3.8, 4) is 6.07 Å². The number of nitriles is 1. The van der Waals surface area contributed by atoms with E-state index in [0.717, 1.165) is 13.1 Å². The lowest BCUT2D eigenvalue weighted by atomic mass is 10.2. The van der Waals surface area contributed by atoms with Crippen molar-refractivity contribution in [2.24, 2.45) is 0 Å². The molecule has 10 heteroatoms. The van der Waals surface area contributed by atoms with Crippen LogP contribution in [0, 0.1) is 11.3 Å². The zero-order valence-electron chi connectivity index (χ0n) is 14.2. The first-order valence-electron chi connectivity index (χ1n) is 8.22. The van der Waals surface area contributed by atoms with Crippen molar-refractivity contribution < 1.29 is 9.13 Å². The molecule has 0 aromatic carbocycles. The first-order chi connectivity index (χ1) is 12.7. The molecule has 0 amide bonds. The highest BCUT2D eigenvalue weighted by atomic mass is 19.1. The first kappa shape index (κ1) is 17.9. The number of rotatable bonds is 6. The van der Waals surface area contributed by atoms with Crippen LogP contribution in [0.15, 0.2) is 18.5 Å². The standard InChI is InChI=1S/C16H19FN8O/c1-10(17)16-13(21-8-12-7-19-2-3-26-12)4-14(24-25-16)23-15-9-20-11(5-18)6-22-15/h4,6,9-10,12,19H,2-3,7-8H2,1H3,(H2,21,22,23,24). The number of hydrogen-bond donors (Lipinski definition) is 3. The number of morpholine rings is 1. The highest BCUT2D eigenvalue weighted by Crippen LogP contribution is 2.25. The van der Waals surface area contributed by atoms with Crippen LogP contribution in [-0.2, 0) is 4.74 Å². The molecule has 2 aromatic heterocycles. The van der Waals surface area contributed by atoms with Crippen LogP contribution in [-0.4, -0.2) is 52.5 Å². The highest BCUT2D eigenvalue weighted by Gasteiger charge is 2.17. The molecule has 1 fully saturated rings. The van der Waals surface area contributed by atoms with Gasteiger partial charge in [-0.25, -0.2) is 14.4 Å². The van der Waals surface area contributed by atoms with Crippen LogP contribution in [0.3, 0.4) is 0 Å². The fraction of sp³-hybridized carbons (Fsp3) is 0.438. The van der Waals surface area contributed by atoms with Crippen LogP contribution in [0.5, 0.6) is 0 Å². The molecular formula is C16H19FN8O. The molecule has 1 aliphatic heterocycles. The van der Waals surface area contributed by atoms with Gasteiger partial charge >= 0.3 is 0 Å². The summed E-state index contributed by atoms with van der Waals surface area (Å²) in [6.07, 6.45) is 1.50. The second-order valence-electron chi connectivity index (χ2n) is 5.75. The molecule has 3 rings (SSSR count). The van der Waals surface area contributed by atoms with Crippen molar-refractivity contribution >= 4 is 17.3 Å². The molecule has 2 atom stereocenters. The summed E-state index contributed by atoms with van der Waals surface area (Å²) >= 11 is 0. The predicted molar refractivity (Wildman–Crippen MR) is 92.7 cm³/mol. The van der Waals surface area contributed by atoms with E-state index in [1.165, 1.54) is 19.3 Å². The quantitative estimate of drug-likeness (QED) is 0.702. The van der Waals surface area contributed by atoms with Crippen LogP contribution < -0.4 is 16.0 Å². The number of anilines is 3. The van der Waals surface area contributed by atoms with Crippen LogP contribution >= 0.6 is 0 Å². The Labute approximate surface area is 150 Å². The summed E-state index contributed by atoms with van der Waals surface area (Å²) in [7, 11) is 0. The van der Waals surface area contributed by atoms with Crippen LogP contribution in [0.4, 0.5) is 21.7 Å². The van der Waals surface area contributed by atoms with Crippen molar-refractivity contribution in [3.63, 3.8) is 0 Å². The Kier molecular flexibility index (Phi) is 5.83. The van der Waals surface area contributed by atoms with E-state index < -0.39 is 6.17 Å². The molecule has 0 aliphatic carbocycles. The number of nitrogens with one attached hydrogen (secondary N) is 3. The Morgan fingerprint density at radius 1 is 1.38 bits per heavy atom. The maximum Gasteiger partial charge on any atom is 0.158 e. The maximum atomic E-state index is 13.8. The number of nitrogens with zero attached hydrogens (tertiary/aromatic N) is 5. The third kappa shape index (κ3) is 4.59. The van der Waals surface area contributed by atoms with E-state index in [2.05, 4.69) is 36.1 Å². The molecule has 0 spiro atoms. The molecule has 0 bridgehead atoms. The van der Waals surface area contributed by atoms with Gasteiger partial charge in [-0.05, 0) is 6.92 Å². The normalized spacial score (nSPS) is 18.0. The molecular weight excluding hydrogens is 339 g/mol. The van der Waals surface area contributed by atoms with Gasteiger partial charge in [0.1, 0.15) is 23.8 Å². The van der Waals surface area contributed by atoms with Gasteiger partial charge in [-0.1, -0.05) is 0 Å². The average molecular weight is 358 g/mol. The largest absolute Gasteiger partial charge is 0.381 e. The predicted octanol–water partition coefficient (Wildman–Crippen LogP) is 1.31. The van der Waals surface area contributed by atoms with Crippen molar-refractivity contribution in [3.05, 3.63) is 29.8 Å². The molecule has 1 saturated heterocycles. The lowest BCUT2D eigenvalue weighted by molar-refractivity contribution is 0.0372. The third-order valence-electron chi connectivity index (χ3n) is 3.75. The summed E-state index contributed by atoms with van der Waals surface area (Å²) < 4.78 is 19.5. The smallest absolute Gasteiger partial charge is 0.158 e. The third-order valence-corrected chi connectivity index (χ3v) is 3.75. The lowest BCUT2D eigenvalue weighted by Gasteiger charge is -2.24. The Morgan fingerprint density at radius 2 is 2.27 bits per heavy atom. The number of alkyl halides is 1. The van der Waals surface area contributed by atoms with Gasteiger partial charge in [-0.3, -0.25) is 0 Å². The molecule has 136 valence electrons. The van der Waals surface area contributed by atoms with Gasteiger partial charge in [0.05, 0.1) is 30.8 Å². The molecule has 26 heavy (non-hydrogen) atoms. The van der Waals surface area contributed by atoms with Gasteiger partial charge < -0.3 is 20.7 Å². The number of ether oxygens (including phenoxy) is 1. The van der Waals surface area contributed by atoms with E-state index in [0.29, 0.717) is 30.5 Å². The van der Waals surface area contributed by atoms with Gasteiger partial charge in [-0.15, -0.1) is 10.2 Å². The van der Waals surface area contributed by atoms with E-state index in [1.54, 1.807) is 6.07 Å².